The average molecular weight is 526 g/mol. The molecule has 0 unspecified atom stereocenters. The molecule has 0 saturated carbocycles. The molecule has 6 rings (SSSR count). The molecule has 1 aliphatic heterocycles. The fourth-order valence-corrected chi connectivity index (χ4v) is 4.38. The fraction of sp³-hybridized carbons (Fsp3) is 0.0357. The maximum absolute atomic E-state index is 14.8. The minimum Gasteiger partial charge on any atom is -0.322 e. The minimum atomic E-state index is -1.51. The van der Waals surface area contributed by atoms with Gasteiger partial charge in [-0.05, 0) is 30.3 Å². The smallest absolute Gasteiger partial charge is 0.269 e. The van der Waals surface area contributed by atoms with Crippen LogP contribution in [0.25, 0.3) is 16.9 Å². The maximum Gasteiger partial charge on any atom is 0.269 e. The van der Waals surface area contributed by atoms with Gasteiger partial charge in [-0.3, -0.25) is 9.59 Å². The summed E-state index contributed by atoms with van der Waals surface area (Å²) in [5.74, 6) is -3.89. The molecule has 0 saturated heterocycles. The van der Waals surface area contributed by atoms with E-state index < -0.39 is 35.4 Å². The summed E-state index contributed by atoms with van der Waals surface area (Å²) in [6.45, 7) is 0. The third-order valence-electron chi connectivity index (χ3n) is 6.14. The Bertz CT molecular complexity index is 1800. The van der Waals surface area contributed by atoms with Crippen molar-refractivity contribution >= 4 is 28.9 Å². The third-order valence-corrected chi connectivity index (χ3v) is 6.14. The summed E-state index contributed by atoms with van der Waals surface area (Å²) >= 11 is 0. The minimum absolute atomic E-state index is 0.0456. The van der Waals surface area contributed by atoms with Gasteiger partial charge in [0.15, 0.2) is 5.65 Å². The highest BCUT2D eigenvalue weighted by Crippen LogP contribution is 2.30. The molecule has 192 valence electrons. The van der Waals surface area contributed by atoms with Crippen molar-refractivity contribution in [1.82, 2.24) is 19.9 Å². The number of aliphatic imine (C=N–C) groups is 1. The molecule has 1 atom stereocenters. The van der Waals surface area contributed by atoms with Gasteiger partial charge in [-0.25, -0.2) is 27.7 Å². The molecule has 39 heavy (non-hydrogen) atoms. The Kier molecular flexibility index (Phi) is 5.87. The van der Waals surface area contributed by atoms with E-state index in [-0.39, 0.29) is 33.9 Å². The summed E-state index contributed by atoms with van der Waals surface area (Å²) in [6.07, 6.45) is 1.38. The zero-order chi connectivity index (χ0) is 27.1. The lowest BCUT2D eigenvalue weighted by Gasteiger charge is -2.14. The van der Waals surface area contributed by atoms with E-state index in [1.54, 1.807) is 42.5 Å². The van der Waals surface area contributed by atoms with Crippen molar-refractivity contribution < 1.29 is 22.8 Å². The van der Waals surface area contributed by atoms with Crippen molar-refractivity contribution in [3.05, 3.63) is 119 Å². The highest BCUT2D eigenvalue weighted by atomic mass is 19.1. The number of benzodiazepines with no additional fused rings is 1. The topological polar surface area (TPSA) is 101 Å². The van der Waals surface area contributed by atoms with E-state index in [0.717, 1.165) is 18.2 Å². The van der Waals surface area contributed by atoms with E-state index in [2.05, 4.69) is 25.7 Å². The van der Waals surface area contributed by atoms with Crippen molar-refractivity contribution in [2.24, 2.45) is 4.99 Å². The normalized spacial score (nSPS) is 14.8. The Morgan fingerprint density at radius 2 is 1.74 bits per heavy atom. The first-order chi connectivity index (χ1) is 18.9. The number of nitrogens with zero attached hydrogens (tertiary/aromatic N) is 4. The van der Waals surface area contributed by atoms with E-state index in [9.17, 15) is 22.8 Å². The molecule has 0 fully saturated rings. The molecule has 1 aliphatic rings. The number of rotatable bonds is 4. The zero-order valence-electron chi connectivity index (χ0n) is 19.9. The highest BCUT2D eigenvalue weighted by Gasteiger charge is 2.32. The second kappa shape index (κ2) is 9.53. The molecule has 2 amide bonds. The van der Waals surface area contributed by atoms with Crippen LogP contribution in [0.5, 0.6) is 0 Å². The lowest BCUT2D eigenvalue weighted by atomic mass is 10.0. The first kappa shape index (κ1) is 24.0. The second-order valence-electron chi connectivity index (χ2n) is 8.61. The number of nitrogens with one attached hydrogen (secondary N) is 2. The van der Waals surface area contributed by atoms with Gasteiger partial charge in [-0.1, -0.05) is 42.5 Å². The number of para-hydroxylation sites is 1. The van der Waals surface area contributed by atoms with Gasteiger partial charge >= 0.3 is 0 Å². The van der Waals surface area contributed by atoms with Gasteiger partial charge in [-0.2, -0.15) is 5.10 Å². The Morgan fingerprint density at radius 1 is 0.923 bits per heavy atom. The van der Waals surface area contributed by atoms with Crippen molar-refractivity contribution in [3.8, 4) is 11.3 Å². The number of hydrogen-bond donors (Lipinski definition) is 2. The fourth-order valence-electron chi connectivity index (χ4n) is 4.38. The Morgan fingerprint density at radius 3 is 2.56 bits per heavy atom. The van der Waals surface area contributed by atoms with Crippen LogP contribution in [0.1, 0.15) is 21.5 Å². The van der Waals surface area contributed by atoms with Crippen molar-refractivity contribution in [3.63, 3.8) is 0 Å². The second-order valence-corrected chi connectivity index (χ2v) is 8.61. The third kappa shape index (κ3) is 4.29. The number of carbonyl (C=O) groups excluding carboxylic acids is 2. The van der Waals surface area contributed by atoms with Gasteiger partial charge < -0.3 is 10.6 Å². The maximum atomic E-state index is 14.8. The molecule has 0 radical (unpaired) electrons. The Balaban J connectivity index is 1.47. The summed E-state index contributed by atoms with van der Waals surface area (Å²) in [4.78, 5) is 35.5. The molecule has 8 nitrogen and oxygen atoms in total. The number of fused-ring (bicyclic) bond motifs is 2. The molecule has 0 bridgehead atoms. The number of amides is 2. The van der Waals surface area contributed by atoms with E-state index in [1.807, 2.05) is 0 Å². The Labute approximate surface area is 218 Å². The molecule has 0 spiro atoms. The summed E-state index contributed by atoms with van der Waals surface area (Å²) in [5.41, 5.74) is 0.497. The van der Waals surface area contributed by atoms with Gasteiger partial charge in [-0.15, -0.1) is 0 Å². The zero-order valence-corrected chi connectivity index (χ0v) is 19.9. The standard InChI is InChI=1S/C28H17F3N6O2/c29-16-10-11-19(30)18(14-16)24-21(26-32-12-5-13-37(26)36-24)27(38)35-25-28(39)34-23-17(8-4-9-20(23)31)22(33-25)15-6-2-1-3-7-15/h1-14,25H,(H,34,39)(H,35,38)/t25-/m1/s1. The molecule has 0 aliphatic carbocycles. The lowest BCUT2D eigenvalue weighted by Crippen LogP contribution is -2.42. The molecular weight excluding hydrogens is 509 g/mol. The summed E-state index contributed by atoms with van der Waals surface area (Å²) in [7, 11) is 0. The first-order valence-electron chi connectivity index (χ1n) is 11.7. The molecular formula is C28H17F3N6O2. The van der Waals surface area contributed by atoms with Crippen LogP contribution in [0.3, 0.4) is 0 Å². The van der Waals surface area contributed by atoms with Crippen LogP contribution in [-0.4, -0.2) is 38.3 Å². The van der Waals surface area contributed by atoms with Gasteiger partial charge in [0, 0.05) is 29.1 Å². The van der Waals surface area contributed by atoms with Crippen LogP contribution >= 0.6 is 0 Å². The number of carbonyl (C=O) groups is 2. The van der Waals surface area contributed by atoms with Crippen LogP contribution in [0, 0.1) is 17.5 Å². The number of aromatic nitrogens is 3. The van der Waals surface area contributed by atoms with Gasteiger partial charge in [0.1, 0.15) is 28.7 Å². The monoisotopic (exact) mass is 526 g/mol. The predicted octanol–water partition coefficient (Wildman–Crippen LogP) is 4.36. The van der Waals surface area contributed by atoms with Crippen LogP contribution in [0.15, 0.2) is 90.2 Å². The number of benzene rings is 3. The van der Waals surface area contributed by atoms with Crippen LogP contribution in [0.2, 0.25) is 0 Å². The van der Waals surface area contributed by atoms with Gasteiger partial charge in [0.2, 0.25) is 6.17 Å². The van der Waals surface area contributed by atoms with Crippen molar-refractivity contribution in [2.45, 2.75) is 6.17 Å². The molecule has 3 heterocycles. The SMILES string of the molecule is O=C(N[C@H]1N=C(c2ccccc2)c2cccc(F)c2NC1=O)c1c(-c2cc(F)ccc2F)nn2cccnc12. The lowest BCUT2D eigenvalue weighted by molar-refractivity contribution is -0.117. The van der Waals surface area contributed by atoms with Crippen molar-refractivity contribution in [1.29, 1.82) is 0 Å². The van der Waals surface area contributed by atoms with E-state index in [0.29, 0.717) is 11.1 Å². The quantitative estimate of drug-likeness (QED) is 0.364. The van der Waals surface area contributed by atoms with Gasteiger partial charge in [0.05, 0.1) is 11.4 Å². The average Bonchev–Trinajstić information content (AvgIpc) is 3.26. The number of anilines is 1. The molecule has 11 heteroatoms. The first-order valence-corrected chi connectivity index (χ1v) is 11.7. The summed E-state index contributed by atoms with van der Waals surface area (Å²) < 4.78 is 44.8. The summed E-state index contributed by atoms with van der Waals surface area (Å²) in [6, 6.07) is 17.4. The number of halogens is 3. The van der Waals surface area contributed by atoms with E-state index in [4.69, 9.17) is 0 Å². The van der Waals surface area contributed by atoms with E-state index in [1.165, 1.54) is 29.0 Å². The largest absolute Gasteiger partial charge is 0.322 e. The molecule has 2 aromatic heterocycles. The Hall–Kier alpha value is -5.32. The van der Waals surface area contributed by atoms with E-state index >= 15 is 0 Å². The summed E-state index contributed by atoms with van der Waals surface area (Å²) in [5, 5.41) is 9.28. The predicted molar refractivity (Wildman–Crippen MR) is 137 cm³/mol. The van der Waals surface area contributed by atoms with Crippen LogP contribution < -0.4 is 10.6 Å². The highest BCUT2D eigenvalue weighted by molar-refractivity contribution is 6.20. The molecule has 2 N–H and O–H groups in total. The van der Waals surface area contributed by atoms with Gasteiger partial charge in [0.25, 0.3) is 11.8 Å². The molecule has 5 aromatic rings. The molecule has 3 aromatic carbocycles. The van der Waals surface area contributed by atoms with Crippen LogP contribution in [0.4, 0.5) is 18.9 Å². The van der Waals surface area contributed by atoms with Crippen LogP contribution in [-0.2, 0) is 4.79 Å². The number of hydrogen-bond acceptors (Lipinski definition) is 5. The van der Waals surface area contributed by atoms with Crippen molar-refractivity contribution in [2.75, 3.05) is 5.32 Å².